The number of para-hydroxylation sites is 1. The molecule has 138 valence electrons. The van der Waals surface area contributed by atoms with E-state index in [0.717, 1.165) is 30.8 Å². The Hall–Kier alpha value is -1.63. The second-order valence-corrected chi connectivity index (χ2v) is 7.12. The predicted octanol–water partition coefficient (Wildman–Crippen LogP) is 1.06. The van der Waals surface area contributed by atoms with Gasteiger partial charge in [0, 0.05) is 39.8 Å². The van der Waals surface area contributed by atoms with Gasteiger partial charge in [0.25, 0.3) is 5.91 Å². The molecule has 2 saturated heterocycles. The first-order valence-corrected chi connectivity index (χ1v) is 8.97. The number of hydrogen-bond donors (Lipinski definition) is 1. The summed E-state index contributed by atoms with van der Waals surface area (Å²) in [6.07, 6.45) is 1.46. The summed E-state index contributed by atoms with van der Waals surface area (Å²) in [7, 11) is 1.62. The summed E-state index contributed by atoms with van der Waals surface area (Å²) in [5, 5.41) is 10.9. The van der Waals surface area contributed by atoms with Crippen molar-refractivity contribution in [2.45, 2.75) is 31.5 Å². The maximum absolute atomic E-state index is 12.6. The summed E-state index contributed by atoms with van der Waals surface area (Å²) in [6.45, 7) is 5.62. The molecule has 0 radical (unpaired) electrons. The number of piperidine rings is 1. The Kier molecular flexibility index (Phi) is 5.61. The molecule has 1 aromatic carbocycles. The number of carbonyl (C=O) groups is 1. The fourth-order valence-electron chi connectivity index (χ4n) is 3.59. The minimum absolute atomic E-state index is 0.119. The molecule has 1 atom stereocenters. The molecule has 2 aliphatic heterocycles. The van der Waals surface area contributed by atoms with Gasteiger partial charge < -0.3 is 19.5 Å². The summed E-state index contributed by atoms with van der Waals surface area (Å²) in [5.74, 6) is 0.740. The van der Waals surface area contributed by atoms with Crippen LogP contribution in [0.1, 0.15) is 18.4 Å². The molecule has 0 aliphatic carbocycles. The quantitative estimate of drug-likeness (QED) is 0.798. The number of β-amino-alcohol motifs (C(OH)–C–C–N with tert-alkyl or cyclic N) is 1. The summed E-state index contributed by atoms with van der Waals surface area (Å²) < 4.78 is 11.1. The molecule has 0 spiro atoms. The van der Waals surface area contributed by atoms with Crippen molar-refractivity contribution in [3.05, 3.63) is 29.8 Å². The number of carbonyl (C=O) groups excluding carboxylic acids is 1. The first kappa shape index (κ1) is 18.2. The molecular weight excluding hydrogens is 320 g/mol. The van der Waals surface area contributed by atoms with Gasteiger partial charge in [0.05, 0.1) is 6.61 Å². The number of aryl methyl sites for hydroxylation is 1. The van der Waals surface area contributed by atoms with Crippen LogP contribution < -0.4 is 4.74 Å². The molecule has 6 nitrogen and oxygen atoms in total. The topological polar surface area (TPSA) is 62.2 Å². The molecule has 0 saturated carbocycles. The Labute approximate surface area is 149 Å². The van der Waals surface area contributed by atoms with Crippen molar-refractivity contribution in [3.63, 3.8) is 0 Å². The fraction of sp³-hybridized carbons (Fsp3) is 0.632. The molecule has 3 rings (SSSR count). The molecule has 25 heavy (non-hydrogen) atoms. The van der Waals surface area contributed by atoms with E-state index in [4.69, 9.17) is 9.47 Å². The molecule has 1 aromatic rings. The monoisotopic (exact) mass is 348 g/mol. The third kappa shape index (κ3) is 4.14. The van der Waals surface area contributed by atoms with Crippen molar-refractivity contribution < 1.29 is 19.4 Å². The van der Waals surface area contributed by atoms with Crippen LogP contribution in [0.25, 0.3) is 0 Å². The van der Waals surface area contributed by atoms with E-state index < -0.39 is 5.60 Å². The van der Waals surface area contributed by atoms with E-state index in [1.807, 2.05) is 31.2 Å². The van der Waals surface area contributed by atoms with Crippen LogP contribution in [-0.4, -0.2) is 79.0 Å². The average molecular weight is 348 g/mol. The summed E-state index contributed by atoms with van der Waals surface area (Å²) in [5.41, 5.74) is -0.157. The second-order valence-electron chi connectivity index (χ2n) is 7.12. The maximum Gasteiger partial charge on any atom is 0.255 e. The number of rotatable bonds is 7. The number of aliphatic hydroxyl groups is 1. The zero-order valence-corrected chi connectivity index (χ0v) is 15.1. The number of hydrogen-bond acceptors (Lipinski definition) is 5. The Morgan fingerprint density at radius 2 is 2.08 bits per heavy atom. The molecule has 2 heterocycles. The Morgan fingerprint density at radius 1 is 1.32 bits per heavy atom. The van der Waals surface area contributed by atoms with Gasteiger partial charge in [0.2, 0.25) is 0 Å². The lowest BCUT2D eigenvalue weighted by molar-refractivity contribution is -0.163. The lowest BCUT2D eigenvalue weighted by atomic mass is 9.90. The van der Waals surface area contributed by atoms with Crippen LogP contribution in [0.5, 0.6) is 5.75 Å². The molecule has 2 aliphatic rings. The first-order chi connectivity index (χ1) is 12.0. The van der Waals surface area contributed by atoms with Crippen LogP contribution >= 0.6 is 0 Å². The maximum atomic E-state index is 12.6. The van der Waals surface area contributed by atoms with Crippen molar-refractivity contribution in [3.8, 4) is 5.75 Å². The number of amides is 1. The molecule has 1 N–H and O–H groups in total. The average Bonchev–Trinajstić information content (AvgIpc) is 2.56. The number of nitrogens with zero attached hydrogens (tertiary/aromatic N) is 2. The highest BCUT2D eigenvalue weighted by atomic mass is 16.5. The minimum Gasteiger partial charge on any atom is -0.487 e. The van der Waals surface area contributed by atoms with Crippen LogP contribution in [0.2, 0.25) is 0 Å². The molecular formula is C19H28N2O4. The Morgan fingerprint density at radius 3 is 2.80 bits per heavy atom. The van der Waals surface area contributed by atoms with E-state index in [1.165, 1.54) is 0 Å². The molecule has 1 unspecified atom stereocenters. The van der Waals surface area contributed by atoms with Crippen LogP contribution in [0, 0.1) is 6.92 Å². The smallest absolute Gasteiger partial charge is 0.255 e. The third-order valence-corrected chi connectivity index (χ3v) is 5.07. The van der Waals surface area contributed by atoms with Crippen LogP contribution in [0.4, 0.5) is 0 Å². The molecule has 1 amide bonds. The number of ether oxygens (including phenoxy) is 2. The van der Waals surface area contributed by atoms with E-state index in [-0.39, 0.29) is 12.0 Å². The standard InChI is InChI=1S/C19H28N2O4/c1-15-6-3-4-7-17(15)25-16-12-20(13-16)14-19(23)8-5-9-21(18(19)22)10-11-24-2/h3-4,6-7,16,23H,5,8-14H2,1-2H3. The van der Waals surface area contributed by atoms with Gasteiger partial charge in [-0.15, -0.1) is 0 Å². The van der Waals surface area contributed by atoms with Crippen molar-refractivity contribution in [2.75, 3.05) is 46.4 Å². The van der Waals surface area contributed by atoms with Gasteiger partial charge in [-0.1, -0.05) is 18.2 Å². The van der Waals surface area contributed by atoms with E-state index >= 15 is 0 Å². The lowest BCUT2D eigenvalue weighted by Gasteiger charge is -2.45. The first-order valence-electron chi connectivity index (χ1n) is 8.97. The van der Waals surface area contributed by atoms with Crippen molar-refractivity contribution in [1.82, 2.24) is 9.80 Å². The van der Waals surface area contributed by atoms with E-state index in [0.29, 0.717) is 32.7 Å². The molecule has 2 fully saturated rings. The van der Waals surface area contributed by atoms with E-state index in [2.05, 4.69) is 4.90 Å². The van der Waals surface area contributed by atoms with E-state index in [1.54, 1.807) is 12.0 Å². The summed E-state index contributed by atoms with van der Waals surface area (Å²) >= 11 is 0. The van der Waals surface area contributed by atoms with Gasteiger partial charge in [0.1, 0.15) is 11.9 Å². The van der Waals surface area contributed by atoms with Crippen LogP contribution in [0.3, 0.4) is 0 Å². The zero-order valence-electron chi connectivity index (χ0n) is 15.1. The Bertz CT molecular complexity index is 603. The van der Waals surface area contributed by atoms with Crippen LogP contribution in [-0.2, 0) is 9.53 Å². The third-order valence-electron chi connectivity index (χ3n) is 5.07. The number of benzene rings is 1. The minimum atomic E-state index is -1.28. The normalized spacial score (nSPS) is 25.1. The van der Waals surface area contributed by atoms with Gasteiger partial charge in [0.15, 0.2) is 5.60 Å². The van der Waals surface area contributed by atoms with Crippen LogP contribution in [0.15, 0.2) is 24.3 Å². The number of methoxy groups -OCH3 is 1. The largest absolute Gasteiger partial charge is 0.487 e. The van der Waals surface area contributed by atoms with Crippen molar-refractivity contribution in [2.24, 2.45) is 0 Å². The van der Waals surface area contributed by atoms with Crippen molar-refractivity contribution in [1.29, 1.82) is 0 Å². The highest BCUT2D eigenvalue weighted by molar-refractivity contribution is 5.86. The lowest BCUT2D eigenvalue weighted by Crippen LogP contribution is -2.64. The Balaban J connectivity index is 1.50. The molecule has 0 bridgehead atoms. The van der Waals surface area contributed by atoms with E-state index in [9.17, 15) is 9.90 Å². The summed E-state index contributed by atoms with van der Waals surface area (Å²) in [6, 6.07) is 7.97. The van der Waals surface area contributed by atoms with Gasteiger partial charge in [-0.05, 0) is 31.4 Å². The highest BCUT2D eigenvalue weighted by Gasteiger charge is 2.45. The molecule has 0 aromatic heterocycles. The highest BCUT2D eigenvalue weighted by Crippen LogP contribution is 2.27. The fourth-order valence-corrected chi connectivity index (χ4v) is 3.59. The van der Waals surface area contributed by atoms with Gasteiger partial charge in [-0.2, -0.15) is 0 Å². The number of likely N-dealkylation sites (tertiary alicyclic amines) is 2. The van der Waals surface area contributed by atoms with Gasteiger partial charge in [-0.25, -0.2) is 0 Å². The van der Waals surface area contributed by atoms with Crippen molar-refractivity contribution >= 4 is 5.91 Å². The second kappa shape index (κ2) is 7.72. The molecule has 6 heteroatoms. The summed E-state index contributed by atoms with van der Waals surface area (Å²) in [4.78, 5) is 16.4. The SMILES string of the molecule is COCCN1CCCC(O)(CN2CC(Oc3ccccc3C)C2)C1=O. The predicted molar refractivity (Wildman–Crippen MR) is 94.7 cm³/mol. The van der Waals surface area contributed by atoms with Gasteiger partial charge >= 0.3 is 0 Å². The zero-order chi connectivity index (χ0) is 17.9. The van der Waals surface area contributed by atoms with Gasteiger partial charge in [-0.3, -0.25) is 9.69 Å².